The van der Waals surface area contributed by atoms with Crippen LogP contribution in [0.1, 0.15) is 16.2 Å². The van der Waals surface area contributed by atoms with Gasteiger partial charge in [0.15, 0.2) is 5.69 Å². The Balaban J connectivity index is 2.44. The highest BCUT2D eigenvalue weighted by Gasteiger charge is 2.14. The molecule has 0 radical (unpaired) electrons. The maximum Gasteiger partial charge on any atom is 0.358 e. The standard InChI is InChI=1S/C10H10N4O2/c1-7-6-8(9(15)16-2)13-14(7)10-11-4-3-5-12-10/h3-6H,1-2H3. The predicted octanol–water partition coefficient (Wildman–Crippen LogP) is 0.757. The van der Waals surface area contributed by atoms with Crippen LogP contribution in [0.2, 0.25) is 0 Å². The van der Waals surface area contributed by atoms with E-state index in [4.69, 9.17) is 0 Å². The second-order valence-electron chi connectivity index (χ2n) is 3.12. The lowest BCUT2D eigenvalue weighted by Crippen LogP contribution is -2.06. The van der Waals surface area contributed by atoms with E-state index < -0.39 is 5.97 Å². The lowest BCUT2D eigenvalue weighted by atomic mass is 10.4. The number of carbonyl (C=O) groups is 1. The molecule has 2 heterocycles. The van der Waals surface area contributed by atoms with Crippen LogP contribution in [0.25, 0.3) is 5.95 Å². The third-order valence-corrected chi connectivity index (χ3v) is 2.02. The molecule has 0 saturated carbocycles. The fourth-order valence-corrected chi connectivity index (χ4v) is 1.28. The van der Waals surface area contributed by atoms with E-state index in [0.717, 1.165) is 5.69 Å². The maximum absolute atomic E-state index is 11.3. The monoisotopic (exact) mass is 218 g/mol. The van der Waals surface area contributed by atoms with Crippen molar-refractivity contribution in [2.75, 3.05) is 7.11 Å². The number of nitrogens with zero attached hydrogens (tertiary/aromatic N) is 4. The Kier molecular flexibility index (Phi) is 2.63. The molecule has 0 bridgehead atoms. The van der Waals surface area contributed by atoms with Gasteiger partial charge in [-0.2, -0.15) is 5.10 Å². The third-order valence-electron chi connectivity index (χ3n) is 2.02. The summed E-state index contributed by atoms with van der Waals surface area (Å²) in [4.78, 5) is 19.4. The van der Waals surface area contributed by atoms with Gasteiger partial charge >= 0.3 is 5.97 Å². The third kappa shape index (κ3) is 1.77. The molecule has 0 N–H and O–H groups in total. The first-order valence-electron chi connectivity index (χ1n) is 4.64. The van der Waals surface area contributed by atoms with Crippen molar-refractivity contribution in [1.29, 1.82) is 0 Å². The van der Waals surface area contributed by atoms with Crippen LogP contribution in [0, 0.1) is 6.92 Å². The Bertz CT molecular complexity index is 507. The van der Waals surface area contributed by atoms with Crippen molar-refractivity contribution in [3.05, 3.63) is 35.9 Å². The number of carbonyl (C=O) groups excluding carboxylic acids is 1. The van der Waals surface area contributed by atoms with Crippen LogP contribution in [0.5, 0.6) is 0 Å². The van der Waals surface area contributed by atoms with Crippen LogP contribution in [0.4, 0.5) is 0 Å². The van der Waals surface area contributed by atoms with Crippen molar-refractivity contribution < 1.29 is 9.53 Å². The van der Waals surface area contributed by atoms with Crippen molar-refractivity contribution in [2.24, 2.45) is 0 Å². The van der Waals surface area contributed by atoms with Crippen molar-refractivity contribution in [3.63, 3.8) is 0 Å². The molecule has 2 aromatic heterocycles. The molecular formula is C10H10N4O2. The molecule has 0 aromatic carbocycles. The van der Waals surface area contributed by atoms with Gasteiger partial charge in [-0.15, -0.1) is 0 Å². The zero-order chi connectivity index (χ0) is 11.5. The molecule has 6 nitrogen and oxygen atoms in total. The Labute approximate surface area is 91.9 Å². The average Bonchev–Trinajstić information content (AvgIpc) is 2.71. The largest absolute Gasteiger partial charge is 0.464 e. The molecule has 0 unspecified atom stereocenters. The summed E-state index contributed by atoms with van der Waals surface area (Å²) < 4.78 is 6.08. The van der Waals surface area contributed by atoms with Gasteiger partial charge in [-0.25, -0.2) is 19.4 Å². The number of hydrogen-bond acceptors (Lipinski definition) is 5. The van der Waals surface area contributed by atoms with E-state index in [1.807, 2.05) is 6.92 Å². The summed E-state index contributed by atoms with van der Waals surface area (Å²) in [7, 11) is 1.32. The molecule has 0 aliphatic carbocycles. The van der Waals surface area contributed by atoms with Crippen LogP contribution >= 0.6 is 0 Å². The van der Waals surface area contributed by atoms with Crippen molar-refractivity contribution in [1.82, 2.24) is 19.7 Å². The summed E-state index contributed by atoms with van der Waals surface area (Å²) >= 11 is 0. The van der Waals surface area contributed by atoms with Crippen LogP contribution in [-0.4, -0.2) is 32.8 Å². The second-order valence-corrected chi connectivity index (χ2v) is 3.12. The normalized spacial score (nSPS) is 10.1. The highest BCUT2D eigenvalue weighted by molar-refractivity contribution is 5.87. The molecule has 16 heavy (non-hydrogen) atoms. The number of aromatic nitrogens is 4. The number of hydrogen-bond donors (Lipinski definition) is 0. The molecule has 82 valence electrons. The van der Waals surface area contributed by atoms with E-state index in [0.29, 0.717) is 5.95 Å². The van der Waals surface area contributed by atoms with Gasteiger partial charge in [-0.3, -0.25) is 0 Å². The van der Waals surface area contributed by atoms with Gasteiger partial charge in [-0.1, -0.05) is 0 Å². The smallest absolute Gasteiger partial charge is 0.358 e. The minimum absolute atomic E-state index is 0.243. The van der Waals surface area contributed by atoms with E-state index in [-0.39, 0.29) is 5.69 Å². The molecule has 0 aliphatic heterocycles. The Morgan fingerprint density at radius 3 is 2.69 bits per heavy atom. The number of rotatable bonds is 2. The summed E-state index contributed by atoms with van der Waals surface area (Å²) in [6.45, 7) is 1.82. The number of methoxy groups -OCH3 is 1. The molecular weight excluding hydrogens is 208 g/mol. The fourth-order valence-electron chi connectivity index (χ4n) is 1.28. The zero-order valence-corrected chi connectivity index (χ0v) is 8.91. The highest BCUT2D eigenvalue weighted by Crippen LogP contribution is 2.08. The van der Waals surface area contributed by atoms with E-state index in [1.165, 1.54) is 11.8 Å². The van der Waals surface area contributed by atoms with Gasteiger partial charge in [0.1, 0.15) is 0 Å². The average molecular weight is 218 g/mol. The van der Waals surface area contributed by atoms with Crippen LogP contribution in [-0.2, 0) is 4.74 Å². The minimum Gasteiger partial charge on any atom is -0.464 e. The molecule has 6 heteroatoms. The highest BCUT2D eigenvalue weighted by atomic mass is 16.5. The summed E-state index contributed by atoms with van der Waals surface area (Å²) in [5, 5.41) is 4.07. The lowest BCUT2D eigenvalue weighted by molar-refractivity contribution is 0.0593. The quantitative estimate of drug-likeness (QED) is 0.696. The molecule has 0 saturated heterocycles. The zero-order valence-electron chi connectivity index (χ0n) is 8.91. The van der Waals surface area contributed by atoms with Crippen molar-refractivity contribution in [3.8, 4) is 5.95 Å². The van der Waals surface area contributed by atoms with Crippen LogP contribution in [0.3, 0.4) is 0 Å². The Hall–Kier alpha value is -2.24. The number of ether oxygens (including phenoxy) is 1. The maximum atomic E-state index is 11.3. The summed E-state index contributed by atoms with van der Waals surface area (Å²) in [5.41, 5.74) is 1.01. The van der Waals surface area contributed by atoms with E-state index in [1.54, 1.807) is 24.5 Å². The van der Waals surface area contributed by atoms with E-state index in [9.17, 15) is 4.79 Å². The topological polar surface area (TPSA) is 69.9 Å². The van der Waals surface area contributed by atoms with Gasteiger partial charge in [0.25, 0.3) is 5.95 Å². The van der Waals surface area contributed by atoms with Gasteiger partial charge in [-0.05, 0) is 19.1 Å². The first-order valence-corrected chi connectivity index (χ1v) is 4.64. The first kappa shape index (κ1) is 10.3. The molecule has 0 spiro atoms. The number of esters is 1. The lowest BCUT2D eigenvalue weighted by Gasteiger charge is -1.99. The van der Waals surface area contributed by atoms with E-state index >= 15 is 0 Å². The first-order chi connectivity index (χ1) is 7.72. The van der Waals surface area contributed by atoms with Gasteiger partial charge < -0.3 is 4.74 Å². The predicted molar refractivity (Wildman–Crippen MR) is 55.2 cm³/mol. The van der Waals surface area contributed by atoms with Crippen molar-refractivity contribution in [2.45, 2.75) is 6.92 Å². The fraction of sp³-hybridized carbons (Fsp3) is 0.200. The molecule has 0 fully saturated rings. The molecule has 2 aromatic rings. The van der Waals surface area contributed by atoms with Crippen molar-refractivity contribution >= 4 is 5.97 Å². The van der Waals surface area contributed by atoms with Crippen LogP contribution in [0.15, 0.2) is 24.5 Å². The Morgan fingerprint density at radius 1 is 1.38 bits per heavy atom. The molecule has 0 atom stereocenters. The second kappa shape index (κ2) is 4.09. The minimum atomic E-state index is -0.474. The van der Waals surface area contributed by atoms with E-state index in [2.05, 4.69) is 19.8 Å². The summed E-state index contributed by atoms with van der Waals surface area (Å²) in [5.74, 6) is -0.0482. The molecule has 0 aliphatic rings. The summed E-state index contributed by atoms with van der Waals surface area (Å²) in [6, 6.07) is 3.34. The molecule has 0 amide bonds. The van der Waals surface area contributed by atoms with Gasteiger partial charge in [0, 0.05) is 18.1 Å². The Morgan fingerprint density at radius 2 is 2.06 bits per heavy atom. The van der Waals surface area contributed by atoms with Gasteiger partial charge in [0.2, 0.25) is 0 Å². The summed E-state index contributed by atoms with van der Waals surface area (Å²) in [6.07, 6.45) is 3.22. The van der Waals surface area contributed by atoms with Gasteiger partial charge in [0.05, 0.1) is 7.11 Å². The SMILES string of the molecule is COC(=O)c1cc(C)n(-c2ncccn2)n1. The number of aryl methyl sites for hydroxylation is 1. The molecule has 2 rings (SSSR count). The van der Waals surface area contributed by atoms with Crippen LogP contribution < -0.4 is 0 Å².